The molecule has 0 spiro atoms. The van der Waals surface area contributed by atoms with Crippen LogP contribution in [-0.2, 0) is 10.8 Å². The SMILES string of the molecule is CC1(C)c2cc3c(cc2-c2c(-c4ccccc4)cccc21)C(C)(C)c1cc(N(c2ccc(-c4ccccc4)cc2)c2ccc(-c4cccc5ccccc45)cc2)cc(-c2cccc4ccccc24)c1-3. The topological polar surface area (TPSA) is 3.24 Å². The monoisotopic (exact) mass is 881 g/mol. The van der Waals surface area contributed by atoms with E-state index in [1.165, 1.54) is 111 Å². The smallest absolute Gasteiger partial charge is 0.0471 e. The van der Waals surface area contributed by atoms with Gasteiger partial charge in [-0.25, -0.2) is 0 Å². The van der Waals surface area contributed by atoms with Crippen molar-refractivity contribution in [1.29, 1.82) is 0 Å². The van der Waals surface area contributed by atoms with Crippen molar-refractivity contribution in [3.63, 3.8) is 0 Å². The molecule has 0 aromatic heterocycles. The van der Waals surface area contributed by atoms with Crippen LogP contribution in [0.25, 0.3) is 88.3 Å². The molecule has 69 heavy (non-hydrogen) atoms. The second-order valence-electron chi connectivity index (χ2n) is 20.1. The molecule has 0 bridgehead atoms. The molecule has 0 aliphatic heterocycles. The summed E-state index contributed by atoms with van der Waals surface area (Å²) in [4.78, 5) is 2.47. The lowest BCUT2D eigenvalue weighted by molar-refractivity contribution is 0.652. The Bertz CT molecular complexity index is 3790. The molecule has 0 saturated carbocycles. The van der Waals surface area contributed by atoms with Crippen molar-refractivity contribution >= 4 is 38.6 Å². The number of fused-ring (bicyclic) bond motifs is 8. The molecule has 2 aliphatic rings. The van der Waals surface area contributed by atoms with E-state index in [9.17, 15) is 0 Å². The molecule has 1 heteroatoms. The van der Waals surface area contributed by atoms with Gasteiger partial charge in [0.25, 0.3) is 0 Å². The summed E-state index contributed by atoms with van der Waals surface area (Å²) in [5.74, 6) is 0. The van der Waals surface area contributed by atoms with E-state index >= 15 is 0 Å². The lowest BCUT2D eigenvalue weighted by Crippen LogP contribution is -2.17. The highest BCUT2D eigenvalue weighted by Gasteiger charge is 2.44. The van der Waals surface area contributed by atoms with Crippen LogP contribution in [0.1, 0.15) is 49.9 Å². The first-order chi connectivity index (χ1) is 33.7. The van der Waals surface area contributed by atoms with Gasteiger partial charge in [0.1, 0.15) is 0 Å². The van der Waals surface area contributed by atoms with Gasteiger partial charge in [-0.05, 0) is 159 Å². The molecule has 13 rings (SSSR count). The van der Waals surface area contributed by atoms with E-state index < -0.39 is 0 Å². The maximum Gasteiger partial charge on any atom is 0.0471 e. The van der Waals surface area contributed by atoms with E-state index in [1.807, 2.05) is 0 Å². The molecule has 0 unspecified atom stereocenters. The van der Waals surface area contributed by atoms with Gasteiger partial charge in [0.15, 0.2) is 0 Å². The first-order valence-corrected chi connectivity index (χ1v) is 24.3. The van der Waals surface area contributed by atoms with Crippen LogP contribution in [0.5, 0.6) is 0 Å². The van der Waals surface area contributed by atoms with Crippen LogP contribution in [0.15, 0.2) is 237 Å². The highest BCUT2D eigenvalue weighted by Crippen LogP contribution is 2.60. The van der Waals surface area contributed by atoms with Gasteiger partial charge in [-0.15, -0.1) is 0 Å². The number of hydrogen-bond acceptors (Lipinski definition) is 1. The molecule has 1 nitrogen and oxygen atoms in total. The lowest BCUT2D eigenvalue weighted by atomic mass is 9.79. The zero-order valence-corrected chi connectivity index (χ0v) is 39.5. The van der Waals surface area contributed by atoms with E-state index in [4.69, 9.17) is 0 Å². The molecular weight excluding hydrogens is 831 g/mol. The van der Waals surface area contributed by atoms with Crippen molar-refractivity contribution in [3.8, 4) is 66.8 Å². The number of hydrogen-bond donors (Lipinski definition) is 0. The van der Waals surface area contributed by atoms with Crippen molar-refractivity contribution in [1.82, 2.24) is 0 Å². The normalized spacial score (nSPS) is 13.7. The number of nitrogens with zero attached hydrogens (tertiary/aromatic N) is 1. The van der Waals surface area contributed by atoms with Crippen molar-refractivity contribution in [2.75, 3.05) is 4.90 Å². The number of anilines is 3. The Balaban J connectivity index is 1.05. The van der Waals surface area contributed by atoms with Gasteiger partial charge in [0.05, 0.1) is 0 Å². The Labute approximate surface area is 405 Å². The molecule has 0 amide bonds. The highest BCUT2D eigenvalue weighted by molar-refractivity contribution is 6.06. The van der Waals surface area contributed by atoms with Gasteiger partial charge in [-0.3, -0.25) is 0 Å². The van der Waals surface area contributed by atoms with E-state index in [2.05, 4.69) is 269 Å². The summed E-state index contributed by atoms with van der Waals surface area (Å²) in [6.45, 7) is 9.73. The molecule has 11 aromatic rings. The summed E-state index contributed by atoms with van der Waals surface area (Å²) in [6, 6.07) is 88.0. The van der Waals surface area contributed by atoms with Crippen LogP contribution >= 0.6 is 0 Å². The molecule has 0 radical (unpaired) electrons. The van der Waals surface area contributed by atoms with Crippen molar-refractivity contribution < 1.29 is 0 Å². The Hall–Kier alpha value is -8.26. The summed E-state index contributed by atoms with van der Waals surface area (Å²) in [7, 11) is 0. The molecule has 0 heterocycles. The van der Waals surface area contributed by atoms with Crippen LogP contribution in [0.3, 0.4) is 0 Å². The van der Waals surface area contributed by atoms with E-state index in [0.29, 0.717) is 0 Å². The molecule has 0 fully saturated rings. The highest BCUT2D eigenvalue weighted by atomic mass is 15.1. The average Bonchev–Trinajstić information content (AvgIpc) is 3.77. The minimum atomic E-state index is -0.315. The van der Waals surface area contributed by atoms with Crippen molar-refractivity contribution in [2.45, 2.75) is 38.5 Å². The summed E-state index contributed by atoms with van der Waals surface area (Å²) in [5, 5.41) is 5.00. The molecule has 0 saturated heterocycles. The molecule has 0 N–H and O–H groups in total. The quantitative estimate of drug-likeness (QED) is 0.154. The van der Waals surface area contributed by atoms with Crippen molar-refractivity contribution in [3.05, 3.63) is 259 Å². The predicted octanol–water partition coefficient (Wildman–Crippen LogP) is 18.7. The molecule has 0 atom stereocenters. The fraction of sp³-hybridized carbons (Fsp3) is 0.0882. The van der Waals surface area contributed by atoms with E-state index in [0.717, 1.165) is 17.1 Å². The summed E-state index contributed by atoms with van der Waals surface area (Å²) < 4.78 is 0. The lowest BCUT2D eigenvalue weighted by Gasteiger charge is -2.30. The van der Waals surface area contributed by atoms with E-state index in [1.54, 1.807) is 0 Å². The average molecular weight is 882 g/mol. The number of benzene rings is 11. The van der Waals surface area contributed by atoms with Crippen LogP contribution in [0.4, 0.5) is 17.1 Å². The molecule has 2 aliphatic carbocycles. The Morgan fingerprint density at radius 2 is 0.696 bits per heavy atom. The predicted molar refractivity (Wildman–Crippen MR) is 293 cm³/mol. The summed E-state index contributed by atoms with van der Waals surface area (Å²) >= 11 is 0. The standard InChI is InChI=1S/C68H51N/c1-67(2)61-31-17-29-56(48-20-9-6-10-21-48)65(61)59-42-63-60(43-62(59)67)66-58(57-30-16-25-47-23-12-14-27-55(47)57)40-52(41-64(66)68(63,3)4)69(50-36-32-45(33-37-50)44-18-7-5-8-19-44)51-38-34-49(35-39-51)54-28-15-24-46-22-11-13-26-53(46)54/h5-43H,1-4H3. The largest absolute Gasteiger partial charge is 0.310 e. The first-order valence-electron chi connectivity index (χ1n) is 24.3. The zero-order chi connectivity index (χ0) is 46.4. The second kappa shape index (κ2) is 15.7. The van der Waals surface area contributed by atoms with Crippen LogP contribution < -0.4 is 4.90 Å². The third-order valence-corrected chi connectivity index (χ3v) is 15.5. The fourth-order valence-corrected chi connectivity index (χ4v) is 11.9. The van der Waals surface area contributed by atoms with Gasteiger partial charge in [-0.2, -0.15) is 0 Å². The zero-order valence-electron chi connectivity index (χ0n) is 39.5. The first kappa shape index (κ1) is 41.0. The van der Waals surface area contributed by atoms with Gasteiger partial charge < -0.3 is 4.90 Å². The maximum absolute atomic E-state index is 2.58. The summed E-state index contributed by atoms with van der Waals surface area (Å²) in [5.41, 5.74) is 23.6. The van der Waals surface area contributed by atoms with Gasteiger partial charge in [-0.1, -0.05) is 216 Å². The van der Waals surface area contributed by atoms with Crippen molar-refractivity contribution in [2.24, 2.45) is 0 Å². The summed E-state index contributed by atoms with van der Waals surface area (Å²) in [6.07, 6.45) is 0. The van der Waals surface area contributed by atoms with Crippen LogP contribution in [0, 0.1) is 0 Å². The van der Waals surface area contributed by atoms with Gasteiger partial charge in [0.2, 0.25) is 0 Å². The van der Waals surface area contributed by atoms with Gasteiger partial charge in [0, 0.05) is 27.9 Å². The molecule has 328 valence electrons. The second-order valence-corrected chi connectivity index (χ2v) is 20.1. The third-order valence-electron chi connectivity index (χ3n) is 15.5. The Morgan fingerprint density at radius 1 is 0.261 bits per heavy atom. The van der Waals surface area contributed by atoms with Crippen LogP contribution in [-0.4, -0.2) is 0 Å². The number of rotatable bonds is 7. The van der Waals surface area contributed by atoms with Crippen LogP contribution in [0.2, 0.25) is 0 Å². The van der Waals surface area contributed by atoms with E-state index in [-0.39, 0.29) is 10.8 Å². The fourth-order valence-electron chi connectivity index (χ4n) is 11.9. The minimum absolute atomic E-state index is 0.183. The Morgan fingerprint density at radius 3 is 1.32 bits per heavy atom. The Kier molecular flexibility index (Phi) is 9.30. The van der Waals surface area contributed by atoms with Gasteiger partial charge >= 0.3 is 0 Å². The molecule has 11 aromatic carbocycles. The molecular formula is C68H51N. The third kappa shape index (κ3) is 6.45. The minimum Gasteiger partial charge on any atom is -0.310 e. The maximum atomic E-state index is 2.58.